The Morgan fingerprint density at radius 3 is 2.42 bits per heavy atom. The fraction of sp³-hybridized carbons (Fsp3) is 0.360. The van der Waals surface area contributed by atoms with E-state index in [9.17, 15) is 18.0 Å². The van der Waals surface area contributed by atoms with Crippen LogP contribution in [0, 0.1) is 5.92 Å². The number of carbonyl (C=O) groups excluding carboxylic acids is 2. The molecule has 1 saturated heterocycles. The van der Waals surface area contributed by atoms with E-state index in [0.29, 0.717) is 38.2 Å². The van der Waals surface area contributed by atoms with Crippen LogP contribution in [0.1, 0.15) is 34.8 Å². The van der Waals surface area contributed by atoms with Crippen molar-refractivity contribution < 1.29 is 18.0 Å². The van der Waals surface area contributed by atoms with Gasteiger partial charge in [-0.05, 0) is 60.2 Å². The van der Waals surface area contributed by atoms with Gasteiger partial charge < -0.3 is 10.2 Å². The summed E-state index contributed by atoms with van der Waals surface area (Å²) in [4.78, 5) is 26.6. The van der Waals surface area contributed by atoms with E-state index in [4.69, 9.17) is 0 Å². The summed E-state index contributed by atoms with van der Waals surface area (Å²) in [7, 11) is -3.68. The molecule has 7 nitrogen and oxygen atoms in total. The molecule has 2 heterocycles. The number of rotatable bonds is 5. The molecule has 2 aliphatic heterocycles. The number of sulfonamides is 1. The Labute approximate surface area is 195 Å². The minimum atomic E-state index is -3.68. The lowest BCUT2D eigenvalue weighted by molar-refractivity contribution is -0.117. The molecule has 2 aliphatic rings. The van der Waals surface area contributed by atoms with E-state index < -0.39 is 10.0 Å². The van der Waals surface area contributed by atoms with Crippen LogP contribution in [0.15, 0.2) is 66.1 Å². The van der Waals surface area contributed by atoms with Crippen LogP contribution < -0.4 is 5.32 Å². The first-order valence-corrected chi connectivity index (χ1v) is 12.6. The summed E-state index contributed by atoms with van der Waals surface area (Å²) in [5.74, 6) is -0.373. The fourth-order valence-corrected chi connectivity index (χ4v) is 6.11. The Morgan fingerprint density at radius 2 is 1.76 bits per heavy atom. The third-order valence-corrected chi connectivity index (χ3v) is 8.42. The van der Waals surface area contributed by atoms with Gasteiger partial charge >= 0.3 is 0 Å². The van der Waals surface area contributed by atoms with Crippen LogP contribution in [0.2, 0.25) is 0 Å². The highest BCUT2D eigenvalue weighted by molar-refractivity contribution is 7.89. The molecule has 2 amide bonds. The number of piperidine rings is 1. The first-order chi connectivity index (χ1) is 15.8. The van der Waals surface area contributed by atoms with Crippen LogP contribution in [-0.4, -0.2) is 55.1 Å². The molecule has 2 aromatic carbocycles. The normalized spacial score (nSPS) is 21.2. The van der Waals surface area contributed by atoms with Crippen molar-refractivity contribution in [2.75, 3.05) is 19.6 Å². The molecular formula is C25H29N3O4S. The summed E-state index contributed by atoms with van der Waals surface area (Å²) >= 11 is 0. The van der Waals surface area contributed by atoms with Crippen molar-refractivity contribution in [3.05, 3.63) is 77.9 Å². The van der Waals surface area contributed by atoms with Crippen molar-refractivity contribution in [3.63, 3.8) is 0 Å². The quantitative estimate of drug-likeness (QED) is 0.685. The summed E-state index contributed by atoms with van der Waals surface area (Å²) in [5.41, 5.74) is 2.90. The van der Waals surface area contributed by atoms with Gasteiger partial charge in [0.15, 0.2) is 0 Å². The predicted octanol–water partition coefficient (Wildman–Crippen LogP) is 2.59. The van der Waals surface area contributed by atoms with Crippen LogP contribution >= 0.6 is 0 Å². The Morgan fingerprint density at radius 1 is 1.06 bits per heavy atom. The van der Waals surface area contributed by atoms with E-state index >= 15 is 0 Å². The molecule has 1 N–H and O–H groups in total. The number of amides is 2. The lowest BCUT2D eigenvalue weighted by Gasteiger charge is -2.36. The van der Waals surface area contributed by atoms with Gasteiger partial charge in [-0.15, -0.1) is 0 Å². The second-order valence-corrected chi connectivity index (χ2v) is 10.7. The average molecular weight is 468 g/mol. The SMILES string of the molecule is C=CC(=O)NC1CCN(S(=O)(=O)c2ccc(C(=O)N3CCc4ccccc4C3)cc2)CC1C. The summed E-state index contributed by atoms with van der Waals surface area (Å²) in [6.45, 7) is 7.23. The predicted molar refractivity (Wildman–Crippen MR) is 126 cm³/mol. The van der Waals surface area contributed by atoms with Gasteiger partial charge in [0.05, 0.1) is 4.90 Å². The topological polar surface area (TPSA) is 86.8 Å². The second-order valence-electron chi connectivity index (χ2n) is 8.72. The molecule has 2 unspecified atom stereocenters. The minimum absolute atomic E-state index is 0.0275. The molecule has 0 spiro atoms. The maximum Gasteiger partial charge on any atom is 0.254 e. The Bertz CT molecular complexity index is 1160. The van der Waals surface area contributed by atoms with Gasteiger partial charge in [-0.3, -0.25) is 9.59 Å². The molecule has 0 saturated carbocycles. The fourth-order valence-electron chi connectivity index (χ4n) is 4.55. The molecule has 0 radical (unpaired) electrons. The summed E-state index contributed by atoms with van der Waals surface area (Å²) in [6.07, 6.45) is 2.57. The molecule has 174 valence electrons. The van der Waals surface area contributed by atoms with Crippen LogP contribution in [0.4, 0.5) is 0 Å². The number of fused-ring (bicyclic) bond motifs is 1. The van der Waals surface area contributed by atoms with E-state index in [0.717, 1.165) is 12.0 Å². The Hall–Kier alpha value is -2.97. The highest BCUT2D eigenvalue weighted by atomic mass is 32.2. The Balaban J connectivity index is 1.43. The summed E-state index contributed by atoms with van der Waals surface area (Å²) < 4.78 is 27.8. The van der Waals surface area contributed by atoms with E-state index in [-0.39, 0.29) is 28.7 Å². The number of hydrogen-bond donors (Lipinski definition) is 1. The third kappa shape index (κ3) is 4.86. The minimum Gasteiger partial charge on any atom is -0.349 e. The molecule has 0 aliphatic carbocycles. The van der Waals surface area contributed by atoms with E-state index in [1.54, 1.807) is 17.0 Å². The van der Waals surface area contributed by atoms with E-state index in [1.807, 2.05) is 25.1 Å². The molecular weight excluding hydrogens is 438 g/mol. The van der Waals surface area contributed by atoms with Crippen molar-refractivity contribution >= 4 is 21.8 Å². The number of benzene rings is 2. The van der Waals surface area contributed by atoms with Crippen LogP contribution in [0.5, 0.6) is 0 Å². The van der Waals surface area contributed by atoms with E-state index in [2.05, 4.69) is 18.0 Å². The van der Waals surface area contributed by atoms with Gasteiger partial charge in [0.25, 0.3) is 5.91 Å². The van der Waals surface area contributed by atoms with Crippen molar-refractivity contribution in [2.45, 2.75) is 37.2 Å². The smallest absolute Gasteiger partial charge is 0.254 e. The lowest BCUT2D eigenvalue weighted by atomic mass is 9.95. The molecule has 4 rings (SSSR count). The third-order valence-electron chi connectivity index (χ3n) is 6.54. The lowest BCUT2D eigenvalue weighted by Crippen LogP contribution is -2.51. The second kappa shape index (κ2) is 9.49. The van der Waals surface area contributed by atoms with Crippen LogP contribution in [0.25, 0.3) is 0 Å². The first kappa shape index (κ1) is 23.2. The largest absolute Gasteiger partial charge is 0.349 e. The maximum absolute atomic E-state index is 13.2. The monoisotopic (exact) mass is 467 g/mol. The zero-order valence-corrected chi connectivity index (χ0v) is 19.6. The first-order valence-electron chi connectivity index (χ1n) is 11.2. The van der Waals surface area contributed by atoms with Gasteiger partial charge in [-0.2, -0.15) is 4.31 Å². The number of carbonyl (C=O) groups is 2. The molecule has 0 bridgehead atoms. The average Bonchev–Trinajstić information content (AvgIpc) is 2.84. The molecule has 0 aromatic heterocycles. The number of nitrogens with one attached hydrogen (secondary N) is 1. The van der Waals surface area contributed by atoms with Gasteiger partial charge in [0.2, 0.25) is 15.9 Å². The van der Waals surface area contributed by atoms with Crippen molar-refractivity contribution in [1.29, 1.82) is 0 Å². The Kier molecular flexibility index (Phi) is 6.67. The van der Waals surface area contributed by atoms with Gasteiger partial charge in [-0.25, -0.2) is 8.42 Å². The molecule has 8 heteroatoms. The van der Waals surface area contributed by atoms with Crippen molar-refractivity contribution in [2.24, 2.45) is 5.92 Å². The number of nitrogens with zero attached hydrogens (tertiary/aromatic N) is 2. The molecule has 33 heavy (non-hydrogen) atoms. The number of hydrogen-bond acceptors (Lipinski definition) is 4. The van der Waals surface area contributed by atoms with Gasteiger partial charge in [0.1, 0.15) is 0 Å². The van der Waals surface area contributed by atoms with E-state index in [1.165, 1.54) is 28.1 Å². The highest BCUT2D eigenvalue weighted by Crippen LogP contribution is 2.25. The standard InChI is InChI=1S/C25H29N3O4S/c1-3-24(29)26-23-13-15-28(16-18(23)2)33(31,32)22-10-8-20(9-11-22)25(30)27-14-12-19-6-4-5-7-21(19)17-27/h3-11,18,23H,1,12-17H2,2H3,(H,26,29). The van der Waals surface area contributed by atoms with Crippen LogP contribution in [-0.2, 0) is 27.8 Å². The highest BCUT2D eigenvalue weighted by Gasteiger charge is 2.34. The summed E-state index contributed by atoms with van der Waals surface area (Å²) in [6, 6.07) is 14.2. The van der Waals surface area contributed by atoms with Crippen molar-refractivity contribution in [3.8, 4) is 0 Å². The van der Waals surface area contributed by atoms with Crippen molar-refractivity contribution in [1.82, 2.24) is 14.5 Å². The molecule has 2 atom stereocenters. The summed E-state index contributed by atoms with van der Waals surface area (Å²) in [5, 5.41) is 2.87. The van der Waals surface area contributed by atoms with Gasteiger partial charge in [0, 0.05) is 37.8 Å². The van der Waals surface area contributed by atoms with Crippen LogP contribution in [0.3, 0.4) is 0 Å². The van der Waals surface area contributed by atoms with Gasteiger partial charge in [-0.1, -0.05) is 37.8 Å². The zero-order valence-electron chi connectivity index (χ0n) is 18.7. The molecule has 2 aromatic rings. The zero-order chi connectivity index (χ0) is 23.6. The molecule has 1 fully saturated rings. The maximum atomic E-state index is 13.2.